The highest BCUT2D eigenvalue weighted by Crippen LogP contribution is 2.24. The van der Waals surface area contributed by atoms with E-state index in [0.29, 0.717) is 17.5 Å². The number of phenolic OH excluding ortho intramolecular Hbond substituents is 1. The molecule has 2 aromatic carbocycles. The van der Waals surface area contributed by atoms with Crippen molar-refractivity contribution in [2.75, 3.05) is 13.1 Å². The molecule has 0 spiro atoms. The van der Waals surface area contributed by atoms with E-state index in [1.54, 1.807) is 30.3 Å². The second-order valence-corrected chi connectivity index (χ2v) is 7.60. The first-order valence-electron chi connectivity index (χ1n) is 7.30. The van der Waals surface area contributed by atoms with Gasteiger partial charge in [0.15, 0.2) is 5.78 Å². The monoisotopic (exact) mass is 331 g/mol. The lowest BCUT2D eigenvalue weighted by Gasteiger charge is -2.19. The lowest BCUT2D eigenvalue weighted by Crippen LogP contribution is -2.35. The molecule has 0 atom stereocenters. The molecule has 0 unspecified atom stereocenters. The van der Waals surface area contributed by atoms with Gasteiger partial charge in [-0.05, 0) is 49.2 Å². The van der Waals surface area contributed by atoms with Crippen LogP contribution in [-0.4, -0.2) is 36.7 Å². The van der Waals surface area contributed by atoms with E-state index >= 15 is 0 Å². The zero-order chi connectivity index (χ0) is 16.6. The van der Waals surface area contributed by atoms with Crippen molar-refractivity contribution < 1.29 is 18.3 Å². The van der Waals surface area contributed by atoms with Crippen LogP contribution in [0.3, 0.4) is 0 Å². The third-order valence-corrected chi connectivity index (χ3v) is 5.86. The molecule has 3 rings (SSSR count). The minimum atomic E-state index is -3.71. The highest BCUT2D eigenvalue weighted by atomic mass is 32.2. The van der Waals surface area contributed by atoms with Crippen molar-refractivity contribution in [2.24, 2.45) is 0 Å². The molecule has 0 saturated heterocycles. The summed E-state index contributed by atoms with van der Waals surface area (Å²) in [6, 6.07) is 11.1. The number of hydrogen-bond donors (Lipinski definition) is 1. The van der Waals surface area contributed by atoms with Crippen LogP contribution in [0.2, 0.25) is 0 Å². The molecule has 0 saturated carbocycles. The number of carbonyl (C=O) groups excluding carboxylic acids is 1. The van der Waals surface area contributed by atoms with Crippen LogP contribution in [-0.2, 0) is 16.4 Å². The molecule has 1 aliphatic rings. The number of hydrogen-bond acceptors (Lipinski definition) is 4. The predicted molar refractivity (Wildman–Crippen MR) is 86.1 cm³/mol. The van der Waals surface area contributed by atoms with Gasteiger partial charge < -0.3 is 5.11 Å². The lowest BCUT2D eigenvalue weighted by atomic mass is 10.0. The Kier molecular flexibility index (Phi) is 3.95. The molecule has 0 fully saturated rings. The average Bonchev–Trinajstić information content (AvgIpc) is 2.67. The SMILES string of the molecule is Cc1ccc(S(=O)(=O)N2CCc3cc(O)ccc3C(=O)C2)cc1. The first-order valence-corrected chi connectivity index (χ1v) is 8.74. The summed E-state index contributed by atoms with van der Waals surface area (Å²) >= 11 is 0. The number of phenols is 1. The fraction of sp³-hybridized carbons (Fsp3) is 0.235. The van der Waals surface area contributed by atoms with Crippen molar-refractivity contribution in [3.63, 3.8) is 0 Å². The number of aromatic hydroxyl groups is 1. The van der Waals surface area contributed by atoms with Gasteiger partial charge in [-0.1, -0.05) is 17.7 Å². The zero-order valence-corrected chi connectivity index (χ0v) is 13.5. The van der Waals surface area contributed by atoms with Gasteiger partial charge in [0.2, 0.25) is 10.0 Å². The van der Waals surface area contributed by atoms with Crippen LogP contribution in [0.4, 0.5) is 0 Å². The van der Waals surface area contributed by atoms with Crippen molar-refractivity contribution in [2.45, 2.75) is 18.2 Å². The molecule has 5 nitrogen and oxygen atoms in total. The number of nitrogens with zero attached hydrogens (tertiary/aromatic N) is 1. The molecule has 0 aliphatic carbocycles. The van der Waals surface area contributed by atoms with Gasteiger partial charge in [0.25, 0.3) is 0 Å². The number of carbonyl (C=O) groups is 1. The summed E-state index contributed by atoms with van der Waals surface area (Å²) in [4.78, 5) is 12.6. The quantitative estimate of drug-likeness (QED) is 0.915. The summed E-state index contributed by atoms with van der Waals surface area (Å²) in [7, 11) is -3.71. The van der Waals surface area contributed by atoms with Gasteiger partial charge >= 0.3 is 0 Å². The molecule has 0 amide bonds. The maximum Gasteiger partial charge on any atom is 0.243 e. The second kappa shape index (κ2) is 5.79. The standard InChI is InChI=1S/C17H17NO4S/c1-12-2-5-15(6-3-12)23(21,22)18-9-8-13-10-14(19)4-7-16(13)17(20)11-18/h2-7,10,19H,8-9,11H2,1H3. The molecule has 0 bridgehead atoms. The highest BCUT2D eigenvalue weighted by Gasteiger charge is 2.30. The highest BCUT2D eigenvalue weighted by molar-refractivity contribution is 7.89. The number of aryl methyl sites for hydroxylation is 1. The van der Waals surface area contributed by atoms with Crippen LogP contribution < -0.4 is 0 Å². The molecule has 0 aromatic heterocycles. The van der Waals surface area contributed by atoms with E-state index in [1.165, 1.54) is 16.4 Å². The van der Waals surface area contributed by atoms with E-state index in [9.17, 15) is 18.3 Å². The molecule has 23 heavy (non-hydrogen) atoms. The summed E-state index contributed by atoms with van der Waals surface area (Å²) in [5.41, 5.74) is 2.12. The van der Waals surface area contributed by atoms with Crippen molar-refractivity contribution >= 4 is 15.8 Å². The average molecular weight is 331 g/mol. The Labute approximate surface area is 135 Å². The molecule has 2 aromatic rings. The normalized spacial score (nSPS) is 16.0. The van der Waals surface area contributed by atoms with Crippen LogP contribution in [0.5, 0.6) is 5.75 Å². The first-order chi connectivity index (χ1) is 10.9. The third-order valence-electron chi connectivity index (χ3n) is 4.00. The van der Waals surface area contributed by atoms with Crippen LogP contribution in [0.25, 0.3) is 0 Å². The molecular formula is C17H17NO4S. The predicted octanol–water partition coefficient (Wildman–Crippen LogP) is 2.13. The molecule has 0 radical (unpaired) electrons. The topological polar surface area (TPSA) is 74.7 Å². The van der Waals surface area contributed by atoms with Crippen LogP contribution in [0.15, 0.2) is 47.4 Å². The van der Waals surface area contributed by atoms with Gasteiger partial charge in [-0.3, -0.25) is 4.79 Å². The van der Waals surface area contributed by atoms with Crippen LogP contribution in [0, 0.1) is 6.92 Å². The molecule has 1 aliphatic heterocycles. The summed E-state index contributed by atoms with van der Waals surface area (Å²) < 4.78 is 26.7. The van der Waals surface area contributed by atoms with Gasteiger partial charge in [0.1, 0.15) is 5.75 Å². The van der Waals surface area contributed by atoms with Crippen molar-refractivity contribution in [1.29, 1.82) is 0 Å². The number of benzene rings is 2. The minimum absolute atomic E-state index is 0.0754. The maximum atomic E-state index is 12.7. The van der Waals surface area contributed by atoms with Crippen LogP contribution >= 0.6 is 0 Å². The summed E-state index contributed by atoms with van der Waals surface area (Å²) in [5.74, 6) is -0.181. The van der Waals surface area contributed by atoms with Gasteiger partial charge in [0, 0.05) is 12.1 Å². The van der Waals surface area contributed by atoms with E-state index in [2.05, 4.69) is 0 Å². The smallest absolute Gasteiger partial charge is 0.243 e. The fourth-order valence-electron chi connectivity index (χ4n) is 2.69. The molecule has 1 N–H and O–H groups in total. The molecule has 6 heteroatoms. The fourth-order valence-corrected chi connectivity index (χ4v) is 4.09. The second-order valence-electron chi connectivity index (χ2n) is 5.67. The first kappa shape index (κ1) is 15.7. The van der Waals surface area contributed by atoms with Gasteiger partial charge in [-0.15, -0.1) is 0 Å². The zero-order valence-electron chi connectivity index (χ0n) is 12.7. The lowest BCUT2D eigenvalue weighted by molar-refractivity contribution is 0.0971. The minimum Gasteiger partial charge on any atom is -0.508 e. The largest absolute Gasteiger partial charge is 0.508 e. The number of fused-ring (bicyclic) bond motifs is 1. The van der Waals surface area contributed by atoms with Gasteiger partial charge in [-0.2, -0.15) is 4.31 Å². The van der Waals surface area contributed by atoms with E-state index in [1.807, 2.05) is 6.92 Å². The Balaban J connectivity index is 1.94. The van der Waals surface area contributed by atoms with Crippen LogP contribution in [0.1, 0.15) is 21.5 Å². The molecule has 1 heterocycles. The van der Waals surface area contributed by atoms with Gasteiger partial charge in [0.05, 0.1) is 11.4 Å². The molecular weight excluding hydrogens is 314 g/mol. The Morgan fingerprint density at radius 2 is 1.78 bits per heavy atom. The van der Waals surface area contributed by atoms with Crippen molar-refractivity contribution in [1.82, 2.24) is 4.31 Å². The van der Waals surface area contributed by atoms with Crippen molar-refractivity contribution in [3.05, 3.63) is 59.2 Å². The number of sulfonamides is 1. The van der Waals surface area contributed by atoms with Gasteiger partial charge in [-0.25, -0.2) is 8.42 Å². The Bertz CT molecular complexity index is 857. The Morgan fingerprint density at radius 1 is 1.09 bits per heavy atom. The van der Waals surface area contributed by atoms with E-state index in [0.717, 1.165) is 5.56 Å². The number of rotatable bonds is 2. The number of Topliss-reactive ketones (excluding diaryl/α,β-unsaturated/α-hetero) is 1. The Morgan fingerprint density at radius 3 is 2.48 bits per heavy atom. The summed E-state index contributed by atoms with van der Waals surface area (Å²) in [6.07, 6.45) is 0.389. The van der Waals surface area contributed by atoms with E-state index < -0.39 is 10.0 Å². The summed E-state index contributed by atoms with van der Waals surface area (Å²) in [5, 5.41) is 9.55. The van der Waals surface area contributed by atoms with E-state index in [-0.39, 0.29) is 29.5 Å². The number of ketones is 1. The Hall–Kier alpha value is -2.18. The van der Waals surface area contributed by atoms with E-state index in [4.69, 9.17) is 0 Å². The summed E-state index contributed by atoms with van der Waals surface area (Å²) in [6.45, 7) is 1.90. The third kappa shape index (κ3) is 3.00. The van der Waals surface area contributed by atoms with Crippen molar-refractivity contribution in [3.8, 4) is 5.75 Å². The maximum absolute atomic E-state index is 12.7. The molecule has 120 valence electrons.